The largest absolute Gasteiger partial charge is 0.368 e. The molecule has 8 nitrogen and oxygen atoms in total. The van der Waals surface area contributed by atoms with Gasteiger partial charge in [0.15, 0.2) is 0 Å². The van der Waals surface area contributed by atoms with Crippen molar-refractivity contribution in [2.75, 3.05) is 42.9 Å². The van der Waals surface area contributed by atoms with Crippen molar-refractivity contribution in [1.29, 1.82) is 0 Å². The second kappa shape index (κ2) is 12.4. The molecule has 3 aromatic rings. The van der Waals surface area contributed by atoms with Gasteiger partial charge in [0, 0.05) is 60.8 Å². The number of hydrogen-bond donors (Lipinski definition) is 3. The molecule has 1 aliphatic carbocycles. The summed E-state index contributed by atoms with van der Waals surface area (Å²) in [4.78, 5) is 42.8. The standard InChI is InChI=1S/C31H34ClN5O3/c1-2-33-31(40)37-15-7-14-36(16-17-37)28-13-12-23(19-27(28)35-29(38)22-10-6-11-24(32)18-22)30(39)34-26-20-25(26)21-8-4-3-5-9-21/h3-6,8-13,18-19,25-26H,2,7,14-17,20H2,1H3,(H,33,40)(H,34,39)(H,35,38)/t25-,26?/m0/s1. The Bertz CT molecular complexity index is 1380. The molecule has 1 heterocycles. The lowest BCUT2D eigenvalue weighted by atomic mass is 10.1. The Morgan fingerprint density at radius 1 is 0.875 bits per heavy atom. The Kier molecular flexibility index (Phi) is 8.55. The van der Waals surface area contributed by atoms with Gasteiger partial charge in [0.05, 0.1) is 11.4 Å². The zero-order chi connectivity index (χ0) is 28.1. The summed E-state index contributed by atoms with van der Waals surface area (Å²) >= 11 is 6.12. The molecule has 2 atom stereocenters. The third-order valence-corrected chi connectivity index (χ3v) is 7.62. The zero-order valence-electron chi connectivity index (χ0n) is 22.5. The number of carbonyl (C=O) groups is 3. The highest BCUT2D eigenvalue weighted by molar-refractivity contribution is 6.31. The van der Waals surface area contributed by atoms with E-state index in [-0.39, 0.29) is 23.9 Å². The second-order valence-electron chi connectivity index (χ2n) is 10.2. The lowest BCUT2D eigenvalue weighted by Crippen LogP contribution is -2.42. The van der Waals surface area contributed by atoms with E-state index in [1.54, 1.807) is 36.4 Å². The van der Waals surface area contributed by atoms with Crippen molar-refractivity contribution in [1.82, 2.24) is 15.5 Å². The highest BCUT2D eigenvalue weighted by atomic mass is 35.5. The highest BCUT2D eigenvalue weighted by Crippen LogP contribution is 2.41. The van der Waals surface area contributed by atoms with E-state index in [0.717, 1.165) is 18.5 Å². The van der Waals surface area contributed by atoms with Gasteiger partial charge in [-0.2, -0.15) is 0 Å². The smallest absolute Gasteiger partial charge is 0.317 e. The summed E-state index contributed by atoms with van der Waals surface area (Å²) in [6.07, 6.45) is 1.69. The van der Waals surface area contributed by atoms with Crippen molar-refractivity contribution in [3.63, 3.8) is 0 Å². The molecule has 0 radical (unpaired) electrons. The molecule has 4 amide bonds. The number of nitrogens with one attached hydrogen (secondary N) is 3. The van der Waals surface area contributed by atoms with Crippen molar-refractivity contribution >= 4 is 40.8 Å². The van der Waals surface area contributed by atoms with Crippen LogP contribution < -0.4 is 20.9 Å². The van der Waals surface area contributed by atoms with Gasteiger partial charge in [0.2, 0.25) is 0 Å². The number of carbonyl (C=O) groups excluding carboxylic acids is 3. The maximum absolute atomic E-state index is 13.2. The van der Waals surface area contributed by atoms with Gasteiger partial charge in [-0.1, -0.05) is 48.0 Å². The lowest BCUT2D eigenvalue weighted by Gasteiger charge is -2.26. The molecule has 3 N–H and O–H groups in total. The number of anilines is 2. The minimum Gasteiger partial charge on any atom is -0.368 e. The first-order chi connectivity index (χ1) is 19.4. The van der Waals surface area contributed by atoms with E-state index >= 15 is 0 Å². The van der Waals surface area contributed by atoms with E-state index in [9.17, 15) is 14.4 Å². The normalized spacial score (nSPS) is 18.4. The van der Waals surface area contributed by atoms with Gasteiger partial charge in [0.1, 0.15) is 0 Å². The van der Waals surface area contributed by atoms with Gasteiger partial charge in [-0.25, -0.2) is 4.79 Å². The summed E-state index contributed by atoms with van der Waals surface area (Å²) in [5, 5.41) is 9.49. The summed E-state index contributed by atoms with van der Waals surface area (Å²) in [6.45, 7) is 5.00. The number of amides is 4. The first kappa shape index (κ1) is 27.5. The van der Waals surface area contributed by atoms with Gasteiger partial charge in [0.25, 0.3) is 11.8 Å². The maximum atomic E-state index is 13.2. The summed E-state index contributed by atoms with van der Waals surface area (Å²) in [5.74, 6) is -0.172. The SMILES string of the molecule is CCNC(=O)N1CCCN(c2ccc(C(=O)NC3C[C@H]3c3ccccc3)cc2NC(=O)c2cccc(Cl)c2)CC1. The van der Waals surface area contributed by atoms with Gasteiger partial charge in [-0.15, -0.1) is 0 Å². The number of rotatable bonds is 7. The van der Waals surface area contributed by atoms with Crippen LogP contribution in [0.5, 0.6) is 0 Å². The minimum absolute atomic E-state index is 0.0697. The second-order valence-corrected chi connectivity index (χ2v) is 10.6. The van der Waals surface area contributed by atoms with E-state index < -0.39 is 0 Å². The van der Waals surface area contributed by atoms with E-state index in [1.165, 1.54) is 5.56 Å². The van der Waals surface area contributed by atoms with Crippen molar-refractivity contribution in [2.24, 2.45) is 0 Å². The predicted octanol–water partition coefficient (Wildman–Crippen LogP) is 5.12. The fourth-order valence-corrected chi connectivity index (χ4v) is 5.37. The third-order valence-electron chi connectivity index (χ3n) is 7.38. The van der Waals surface area contributed by atoms with Crippen LogP contribution in [0.25, 0.3) is 0 Å². The van der Waals surface area contributed by atoms with Gasteiger partial charge in [-0.3, -0.25) is 9.59 Å². The molecule has 1 saturated heterocycles. The fraction of sp³-hybridized carbons (Fsp3) is 0.323. The molecule has 0 bridgehead atoms. The predicted molar refractivity (Wildman–Crippen MR) is 158 cm³/mol. The summed E-state index contributed by atoms with van der Waals surface area (Å²) in [5.41, 5.74) is 3.47. The van der Waals surface area contributed by atoms with Crippen LogP contribution >= 0.6 is 11.6 Å². The first-order valence-electron chi connectivity index (χ1n) is 13.8. The number of hydrogen-bond acceptors (Lipinski definition) is 4. The van der Waals surface area contributed by atoms with Crippen LogP contribution in [0.15, 0.2) is 72.8 Å². The van der Waals surface area contributed by atoms with Gasteiger partial charge >= 0.3 is 6.03 Å². The third kappa shape index (κ3) is 6.57. The van der Waals surface area contributed by atoms with E-state index in [0.29, 0.717) is 60.5 Å². The molecule has 208 valence electrons. The van der Waals surface area contributed by atoms with Crippen LogP contribution in [0.4, 0.5) is 16.2 Å². The molecule has 3 aromatic carbocycles. The van der Waals surface area contributed by atoms with E-state index in [1.807, 2.05) is 36.1 Å². The number of nitrogens with zero attached hydrogens (tertiary/aromatic N) is 2. The van der Waals surface area contributed by atoms with Crippen LogP contribution in [0.3, 0.4) is 0 Å². The Morgan fingerprint density at radius 2 is 1.68 bits per heavy atom. The van der Waals surface area contributed by atoms with E-state index in [2.05, 4.69) is 33.0 Å². The molecular formula is C31H34ClN5O3. The quantitative estimate of drug-likeness (QED) is 0.374. The zero-order valence-corrected chi connectivity index (χ0v) is 23.3. The number of urea groups is 1. The molecule has 1 aliphatic heterocycles. The highest BCUT2D eigenvalue weighted by Gasteiger charge is 2.39. The molecule has 0 spiro atoms. The molecule has 1 saturated carbocycles. The Hall–Kier alpha value is -4.04. The molecule has 0 aromatic heterocycles. The summed E-state index contributed by atoms with van der Waals surface area (Å²) in [7, 11) is 0. The fourth-order valence-electron chi connectivity index (χ4n) is 5.18. The van der Waals surface area contributed by atoms with Crippen LogP contribution in [0.2, 0.25) is 5.02 Å². The van der Waals surface area contributed by atoms with Crippen molar-refractivity contribution in [3.8, 4) is 0 Å². The van der Waals surface area contributed by atoms with Gasteiger partial charge < -0.3 is 25.8 Å². The Labute approximate surface area is 239 Å². The van der Waals surface area contributed by atoms with Crippen LogP contribution in [-0.4, -0.2) is 61.5 Å². The minimum atomic E-state index is -0.314. The maximum Gasteiger partial charge on any atom is 0.317 e. The van der Waals surface area contributed by atoms with Crippen LogP contribution in [0, 0.1) is 0 Å². The summed E-state index contributed by atoms with van der Waals surface area (Å²) in [6, 6.07) is 22.4. The van der Waals surface area contributed by atoms with Crippen molar-refractivity contribution < 1.29 is 14.4 Å². The molecule has 5 rings (SSSR count). The van der Waals surface area contributed by atoms with E-state index in [4.69, 9.17) is 11.6 Å². The average Bonchev–Trinajstić information content (AvgIpc) is 3.76. The summed E-state index contributed by atoms with van der Waals surface area (Å²) < 4.78 is 0. The Balaban J connectivity index is 1.36. The molecule has 2 fully saturated rings. The Morgan fingerprint density at radius 3 is 2.45 bits per heavy atom. The molecule has 9 heteroatoms. The average molecular weight is 560 g/mol. The van der Waals surface area contributed by atoms with Crippen molar-refractivity contribution in [3.05, 3.63) is 94.5 Å². The topological polar surface area (TPSA) is 93.8 Å². The van der Waals surface area contributed by atoms with Gasteiger partial charge in [-0.05, 0) is 61.7 Å². The van der Waals surface area contributed by atoms with Crippen LogP contribution in [-0.2, 0) is 0 Å². The molecule has 40 heavy (non-hydrogen) atoms. The molecular weight excluding hydrogens is 526 g/mol. The monoisotopic (exact) mass is 559 g/mol. The first-order valence-corrected chi connectivity index (χ1v) is 14.1. The van der Waals surface area contributed by atoms with Crippen LogP contribution in [0.1, 0.15) is 52.0 Å². The number of benzene rings is 3. The molecule has 1 unspecified atom stereocenters. The number of halogens is 1. The lowest BCUT2D eigenvalue weighted by molar-refractivity contribution is 0.0949. The van der Waals surface area contributed by atoms with Crippen molar-refractivity contribution in [2.45, 2.75) is 31.7 Å². The molecule has 2 aliphatic rings.